The van der Waals surface area contributed by atoms with Crippen molar-refractivity contribution in [2.75, 3.05) is 0 Å². The Labute approximate surface area is 178 Å². The summed E-state index contributed by atoms with van der Waals surface area (Å²) in [7, 11) is 1.90. The summed E-state index contributed by atoms with van der Waals surface area (Å²) >= 11 is 1.53. The lowest BCUT2D eigenvalue weighted by molar-refractivity contribution is 0.0992. The Morgan fingerprint density at radius 3 is 2.33 bits per heavy atom. The Morgan fingerprint density at radius 1 is 1.03 bits per heavy atom. The smallest absolute Gasteiger partial charge is 0.249 e. The van der Waals surface area contributed by atoms with E-state index in [9.17, 15) is 9.59 Å². The molecular weight excluding hydrogens is 398 g/mol. The van der Waals surface area contributed by atoms with Crippen LogP contribution in [0, 0.1) is 0 Å². The number of aryl methyl sites for hydroxylation is 1. The minimum Gasteiger partial charge on any atom is -0.366 e. The first-order chi connectivity index (χ1) is 14.4. The third-order valence-corrected chi connectivity index (χ3v) is 6.40. The van der Waals surface area contributed by atoms with Gasteiger partial charge in [-0.2, -0.15) is 5.10 Å². The molecule has 30 heavy (non-hydrogen) atoms. The number of aromatic nitrogens is 2. The van der Waals surface area contributed by atoms with Gasteiger partial charge in [-0.25, -0.2) is 4.68 Å². The van der Waals surface area contributed by atoms with Gasteiger partial charge in [-0.15, -0.1) is 0 Å². The second-order valence-electron chi connectivity index (χ2n) is 7.45. The molecule has 0 atom stereocenters. The Hall–Kier alpha value is -3.26. The molecule has 4 rings (SSSR count). The van der Waals surface area contributed by atoms with E-state index in [0.29, 0.717) is 22.7 Å². The number of carbonyl (C=O) groups is 2. The SMILES string of the molecule is Cn1nc(-c2ccc(C(N)=O)c(-c3ccc(C(N)=O)cc3)c2)sc1=NC1CCCC1. The van der Waals surface area contributed by atoms with Crippen molar-refractivity contribution in [3.63, 3.8) is 0 Å². The standard InChI is InChI=1S/C22H23N5O2S/c1-27-22(25-16-4-2-3-5-16)30-21(26-27)15-10-11-17(20(24)29)18(12-15)13-6-8-14(9-7-13)19(23)28/h6-12,16H,2-5H2,1H3,(H2,23,28)(H2,24,29). The van der Waals surface area contributed by atoms with Gasteiger partial charge in [-0.1, -0.05) is 42.4 Å². The normalized spacial score (nSPS) is 14.9. The largest absolute Gasteiger partial charge is 0.366 e. The molecule has 0 spiro atoms. The summed E-state index contributed by atoms with van der Waals surface area (Å²) < 4.78 is 1.81. The van der Waals surface area contributed by atoms with Crippen LogP contribution >= 0.6 is 11.3 Å². The number of hydrogen-bond donors (Lipinski definition) is 2. The fourth-order valence-corrected chi connectivity index (χ4v) is 4.67. The number of rotatable bonds is 5. The number of benzene rings is 2. The molecule has 2 amide bonds. The molecule has 8 heteroatoms. The average molecular weight is 422 g/mol. The summed E-state index contributed by atoms with van der Waals surface area (Å²) in [5, 5.41) is 5.45. The van der Waals surface area contributed by atoms with Crippen molar-refractivity contribution < 1.29 is 9.59 Å². The van der Waals surface area contributed by atoms with Crippen LogP contribution in [0.15, 0.2) is 47.5 Å². The number of hydrogen-bond acceptors (Lipinski definition) is 5. The lowest BCUT2D eigenvalue weighted by Crippen LogP contribution is -2.15. The number of primary amides is 2. The molecule has 2 aromatic carbocycles. The van der Waals surface area contributed by atoms with E-state index in [1.807, 2.05) is 23.9 Å². The van der Waals surface area contributed by atoms with Crippen LogP contribution in [0.1, 0.15) is 46.4 Å². The summed E-state index contributed by atoms with van der Waals surface area (Å²) in [6.45, 7) is 0. The summed E-state index contributed by atoms with van der Waals surface area (Å²) in [4.78, 5) is 29.1. The van der Waals surface area contributed by atoms with Crippen molar-refractivity contribution in [1.82, 2.24) is 9.78 Å². The molecule has 0 unspecified atom stereocenters. The zero-order valence-electron chi connectivity index (χ0n) is 16.7. The molecule has 0 bridgehead atoms. The maximum absolute atomic E-state index is 12.0. The highest BCUT2D eigenvalue weighted by Crippen LogP contribution is 2.30. The lowest BCUT2D eigenvalue weighted by atomic mass is 9.96. The van der Waals surface area contributed by atoms with Gasteiger partial charge in [0.2, 0.25) is 16.6 Å². The number of nitrogens with two attached hydrogens (primary N) is 2. The van der Waals surface area contributed by atoms with Gasteiger partial charge in [0.1, 0.15) is 5.01 Å². The molecule has 1 fully saturated rings. The minimum atomic E-state index is -0.517. The van der Waals surface area contributed by atoms with E-state index in [0.717, 1.165) is 33.8 Å². The lowest BCUT2D eigenvalue weighted by Gasteiger charge is -2.09. The first-order valence-electron chi connectivity index (χ1n) is 9.85. The van der Waals surface area contributed by atoms with E-state index < -0.39 is 11.8 Å². The van der Waals surface area contributed by atoms with Crippen LogP contribution in [0.2, 0.25) is 0 Å². The summed E-state index contributed by atoms with van der Waals surface area (Å²) in [5.74, 6) is -1.02. The maximum Gasteiger partial charge on any atom is 0.249 e. The van der Waals surface area contributed by atoms with Gasteiger partial charge in [0.15, 0.2) is 0 Å². The van der Waals surface area contributed by atoms with E-state index in [1.54, 1.807) is 30.3 Å². The van der Waals surface area contributed by atoms with Crippen molar-refractivity contribution in [2.45, 2.75) is 31.7 Å². The Bertz CT molecular complexity index is 1170. The summed E-state index contributed by atoms with van der Waals surface area (Å²) in [6.07, 6.45) is 4.73. The van der Waals surface area contributed by atoms with Crippen molar-refractivity contribution in [3.05, 3.63) is 58.4 Å². The van der Waals surface area contributed by atoms with Gasteiger partial charge in [-0.05, 0) is 48.2 Å². The molecule has 1 aliphatic carbocycles. The fraction of sp³-hybridized carbons (Fsp3) is 0.273. The van der Waals surface area contributed by atoms with Crippen LogP contribution < -0.4 is 16.3 Å². The number of amides is 2. The molecule has 154 valence electrons. The molecule has 4 N–H and O–H groups in total. The predicted octanol–water partition coefficient (Wildman–Crippen LogP) is 2.86. The van der Waals surface area contributed by atoms with Gasteiger partial charge in [0.25, 0.3) is 0 Å². The van der Waals surface area contributed by atoms with Gasteiger partial charge >= 0.3 is 0 Å². The maximum atomic E-state index is 12.0. The highest BCUT2D eigenvalue weighted by Gasteiger charge is 2.16. The predicted molar refractivity (Wildman–Crippen MR) is 117 cm³/mol. The molecule has 0 saturated heterocycles. The molecule has 1 heterocycles. The zero-order chi connectivity index (χ0) is 21.3. The van der Waals surface area contributed by atoms with E-state index in [2.05, 4.69) is 5.10 Å². The van der Waals surface area contributed by atoms with Crippen molar-refractivity contribution in [2.24, 2.45) is 23.5 Å². The summed E-state index contributed by atoms with van der Waals surface area (Å²) in [5.41, 5.74) is 14.1. The summed E-state index contributed by atoms with van der Waals surface area (Å²) in [6, 6.07) is 12.6. The third-order valence-electron chi connectivity index (χ3n) is 5.34. The molecule has 1 aliphatic rings. The molecule has 7 nitrogen and oxygen atoms in total. The second-order valence-corrected chi connectivity index (χ2v) is 8.40. The highest BCUT2D eigenvalue weighted by atomic mass is 32.1. The van der Waals surface area contributed by atoms with Crippen molar-refractivity contribution in [3.8, 4) is 21.7 Å². The topological polar surface area (TPSA) is 116 Å². The Morgan fingerprint density at radius 2 is 1.70 bits per heavy atom. The molecular formula is C22H23N5O2S. The van der Waals surface area contributed by atoms with E-state index in [4.69, 9.17) is 16.5 Å². The molecule has 1 saturated carbocycles. The zero-order valence-corrected chi connectivity index (χ0v) is 17.5. The molecule has 3 aromatic rings. The van der Waals surface area contributed by atoms with Crippen LogP contribution in [0.25, 0.3) is 21.7 Å². The van der Waals surface area contributed by atoms with Crippen LogP contribution in [-0.4, -0.2) is 27.6 Å². The van der Waals surface area contributed by atoms with Gasteiger partial charge in [0, 0.05) is 23.7 Å². The Kier molecular flexibility index (Phi) is 5.50. The first kappa shape index (κ1) is 20.0. The third kappa shape index (κ3) is 4.04. The second kappa shape index (κ2) is 8.23. The van der Waals surface area contributed by atoms with Crippen LogP contribution in [0.5, 0.6) is 0 Å². The molecule has 1 aromatic heterocycles. The first-order valence-corrected chi connectivity index (χ1v) is 10.7. The van der Waals surface area contributed by atoms with Gasteiger partial charge in [-0.3, -0.25) is 14.6 Å². The fourth-order valence-electron chi connectivity index (χ4n) is 3.71. The Balaban J connectivity index is 1.76. The quantitative estimate of drug-likeness (QED) is 0.660. The van der Waals surface area contributed by atoms with E-state index in [-0.39, 0.29) is 0 Å². The van der Waals surface area contributed by atoms with Crippen LogP contribution in [0.3, 0.4) is 0 Å². The van der Waals surface area contributed by atoms with Crippen LogP contribution in [0.4, 0.5) is 0 Å². The van der Waals surface area contributed by atoms with Gasteiger partial charge in [0.05, 0.1) is 6.04 Å². The molecule has 0 aliphatic heterocycles. The van der Waals surface area contributed by atoms with Gasteiger partial charge < -0.3 is 11.5 Å². The van der Waals surface area contributed by atoms with Crippen LogP contribution in [-0.2, 0) is 7.05 Å². The highest BCUT2D eigenvalue weighted by molar-refractivity contribution is 7.12. The number of nitrogens with zero attached hydrogens (tertiary/aromatic N) is 3. The van der Waals surface area contributed by atoms with Crippen molar-refractivity contribution in [1.29, 1.82) is 0 Å². The van der Waals surface area contributed by atoms with E-state index >= 15 is 0 Å². The minimum absolute atomic E-state index is 0.376. The van der Waals surface area contributed by atoms with E-state index in [1.165, 1.54) is 24.2 Å². The average Bonchev–Trinajstić information content (AvgIpc) is 3.38. The van der Waals surface area contributed by atoms with Crippen molar-refractivity contribution >= 4 is 23.2 Å². The molecule has 0 radical (unpaired) electrons. The number of carbonyl (C=O) groups excluding carboxylic acids is 2. The monoisotopic (exact) mass is 421 g/mol.